The fourth-order valence-electron chi connectivity index (χ4n) is 1.98. The summed E-state index contributed by atoms with van der Waals surface area (Å²) >= 11 is 8.08. The molecule has 0 saturated carbocycles. The van der Waals surface area contributed by atoms with Crippen LogP contribution in [0.4, 0.5) is 13.2 Å². The van der Waals surface area contributed by atoms with Crippen LogP contribution < -0.4 is 0 Å². The molecule has 0 amide bonds. The number of thiophene rings is 1. The highest BCUT2D eigenvalue weighted by Crippen LogP contribution is 2.35. The Morgan fingerprint density at radius 1 is 1.25 bits per heavy atom. The average molecular weight is 443 g/mol. The smallest absolute Gasteiger partial charge is 0.312 e. The van der Waals surface area contributed by atoms with Gasteiger partial charge in [-0.15, -0.1) is 11.3 Å². The number of rotatable bonds is 5. The minimum Gasteiger partial charge on any atom is -0.312 e. The second-order valence-electron chi connectivity index (χ2n) is 5.25. The van der Waals surface area contributed by atoms with Crippen LogP contribution in [0, 0.1) is 0 Å². The molecular weight excluding hydrogens is 433 g/mol. The summed E-state index contributed by atoms with van der Waals surface area (Å²) < 4.78 is 39.1. The van der Waals surface area contributed by atoms with Gasteiger partial charge in [0.2, 0.25) is 0 Å². The molecule has 0 radical (unpaired) electrons. The van der Waals surface area contributed by atoms with E-state index >= 15 is 0 Å². The molecule has 3 rings (SSSR count). The molecule has 10 heteroatoms. The summed E-state index contributed by atoms with van der Waals surface area (Å²) in [5.74, 6) is -0.662. The number of oxime groups is 1. The molecule has 0 saturated heterocycles. The normalized spacial score (nSPS) is 11.7. The van der Waals surface area contributed by atoms with Crippen molar-refractivity contribution >= 4 is 46.9 Å². The van der Waals surface area contributed by atoms with Crippen LogP contribution >= 0.6 is 34.7 Å². The third-order valence-electron chi connectivity index (χ3n) is 3.28. The number of carbonyl (C=O) groups is 1. The number of hydrogen-bond acceptors (Lipinski definition) is 6. The Morgan fingerprint density at radius 2 is 2.00 bits per heavy atom. The van der Waals surface area contributed by atoms with Gasteiger partial charge in [-0.3, -0.25) is 4.98 Å². The van der Waals surface area contributed by atoms with Crippen molar-refractivity contribution in [2.45, 2.75) is 16.0 Å². The minimum absolute atomic E-state index is 0.131. The van der Waals surface area contributed by atoms with E-state index in [0.29, 0.717) is 21.0 Å². The minimum atomic E-state index is -4.54. The first kappa shape index (κ1) is 20.4. The average Bonchev–Trinajstić information content (AvgIpc) is 3.18. The van der Waals surface area contributed by atoms with E-state index in [4.69, 9.17) is 16.4 Å². The predicted octanol–water partition coefficient (Wildman–Crippen LogP) is 6.16. The number of halogens is 4. The quantitative estimate of drug-likeness (QED) is 0.270. The lowest BCUT2D eigenvalue weighted by atomic mass is 10.2. The van der Waals surface area contributed by atoms with E-state index in [1.54, 1.807) is 41.8 Å². The first-order valence-corrected chi connectivity index (χ1v) is 9.69. The Morgan fingerprint density at radius 3 is 2.64 bits per heavy atom. The fraction of sp³-hybridized carbons (Fsp3) is 0.0556. The molecule has 4 nitrogen and oxygen atoms in total. The van der Waals surface area contributed by atoms with Gasteiger partial charge in [-0.1, -0.05) is 34.6 Å². The van der Waals surface area contributed by atoms with Gasteiger partial charge in [-0.25, -0.2) is 4.79 Å². The molecule has 1 aromatic carbocycles. The Balaban J connectivity index is 1.85. The molecule has 0 aliphatic rings. The van der Waals surface area contributed by atoms with Gasteiger partial charge in [-0.05, 0) is 41.8 Å². The van der Waals surface area contributed by atoms with E-state index in [1.807, 2.05) is 0 Å². The molecule has 2 heterocycles. The van der Waals surface area contributed by atoms with Crippen molar-refractivity contribution < 1.29 is 22.8 Å². The molecule has 0 aliphatic carbocycles. The van der Waals surface area contributed by atoms with Crippen molar-refractivity contribution in [2.24, 2.45) is 5.16 Å². The maximum atomic E-state index is 13.0. The van der Waals surface area contributed by atoms with E-state index in [9.17, 15) is 18.0 Å². The summed E-state index contributed by atoms with van der Waals surface area (Å²) in [6.07, 6.45) is -2.73. The molecule has 0 aliphatic heterocycles. The number of aromatic nitrogens is 1. The number of alkyl halides is 3. The van der Waals surface area contributed by atoms with Crippen molar-refractivity contribution in [3.8, 4) is 0 Å². The van der Waals surface area contributed by atoms with Crippen molar-refractivity contribution in [3.05, 3.63) is 75.2 Å². The first-order valence-electron chi connectivity index (χ1n) is 7.62. The Labute approximate surface area is 171 Å². The van der Waals surface area contributed by atoms with Gasteiger partial charge >= 0.3 is 12.1 Å². The number of carbonyl (C=O) groups excluding carboxylic acids is 1. The van der Waals surface area contributed by atoms with E-state index in [1.165, 1.54) is 11.3 Å². The molecule has 3 aromatic rings. The highest BCUT2D eigenvalue weighted by molar-refractivity contribution is 7.99. The largest absolute Gasteiger partial charge is 0.417 e. The van der Waals surface area contributed by atoms with E-state index in [0.717, 1.165) is 24.0 Å². The highest BCUT2D eigenvalue weighted by Gasteiger charge is 2.31. The predicted molar refractivity (Wildman–Crippen MR) is 102 cm³/mol. The van der Waals surface area contributed by atoms with Crippen LogP contribution in [0.5, 0.6) is 0 Å². The maximum Gasteiger partial charge on any atom is 0.417 e. The Kier molecular flexibility index (Phi) is 6.38. The number of pyridine rings is 1. The van der Waals surface area contributed by atoms with Crippen LogP contribution in [-0.4, -0.2) is 17.2 Å². The van der Waals surface area contributed by atoms with Crippen molar-refractivity contribution in [1.82, 2.24) is 4.98 Å². The van der Waals surface area contributed by atoms with Gasteiger partial charge in [0.1, 0.15) is 4.88 Å². The SMILES string of the molecule is O=C(O/N=C\c1ncc(C(F)(F)F)cc1Sc1ccc(Cl)cc1)c1cccs1. The second-order valence-corrected chi connectivity index (χ2v) is 7.75. The van der Waals surface area contributed by atoms with Crippen LogP contribution in [0.15, 0.2) is 69.0 Å². The standard InChI is InChI=1S/C18H10ClF3N2O2S2/c19-12-3-5-13(6-4-12)28-16-8-11(18(20,21)22)9-23-14(16)10-24-26-17(25)15-2-1-7-27-15/h1-10H/b24-10-. The Bertz CT molecular complexity index is 991. The summed E-state index contributed by atoms with van der Waals surface area (Å²) in [6, 6.07) is 10.8. The van der Waals surface area contributed by atoms with Gasteiger partial charge in [0.25, 0.3) is 0 Å². The third kappa shape index (κ3) is 5.34. The summed E-state index contributed by atoms with van der Waals surface area (Å²) in [7, 11) is 0. The highest BCUT2D eigenvalue weighted by atomic mass is 35.5. The van der Waals surface area contributed by atoms with Crippen molar-refractivity contribution in [3.63, 3.8) is 0 Å². The first-order chi connectivity index (χ1) is 13.3. The molecule has 28 heavy (non-hydrogen) atoms. The molecule has 0 spiro atoms. The van der Waals surface area contributed by atoms with Gasteiger partial charge in [-0.2, -0.15) is 13.2 Å². The molecule has 0 atom stereocenters. The lowest BCUT2D eigenvalue weighted by Gasteiger charge is -2.10. The van der Waals surface area contributed by atoms with E-state index in [-0.39, 0.29) is 10.6 Å². The molecule has 0 N–H and O–H groups in total. The van der Waals surface area contributed by atoms with Crippen LogP contribution in [0.3, 0.4) is 0 Å². The summed E-state index contributed by atoms with van der Waals surface area (Å²) in [6.45, 7) is 0. The zero-order valence-corrected chi connectivity index (χ0v) is 16.2. The maximum absolute atomic E-state index is 13.0. The second kappa shape index (κ2) is 8.76. The molecular formula is C18H10ClF3N2O2S2. The fourth-order valence-corrected chi connectivity index (χ4v) is 3.62. The number of nitrogens with zero attached hydrogens (tertiary/aromatic N) is 2. The van der Waals surface area contributed by atoms with Crippen LogP contribution in [-0.2, 0) is 11.0 Å². The zero-order chi connectivity index (χ0) is 20.1. The number of benzene rings is 1. The lowest BCUT2D eigenvalue weighted by Crippen LogP contribution is -2.07. The molecule has 0 unspecified atom stereocenters. The summed E-state index contributed by atoms with van der Waals surface area (Å²) in [5.41, 5.74) is -0.761. The molecule has 144 valence electrons. The van der Waals surface area contributed by atoms with Crippen molar-refractivity contribution in [1.29, 1.82) is 0 Å². The topological polar surface area (TPSA) is 51.5 Å². The molecule has 0 fully saturated rings. The van der Waals surface area contributed by atoms with Gasteiger partial charge in [0.05, 0.1) is 17.5 Å². The molecule has 2 aromatic heterocycles. The van der Waals surface area contributed by atoms with Crippen LogP contribution in [0.1, 0.15) is 20.9 Å². The van der Waals surface area contributed by atoms with Gasteiger partial charge < -0.3 is 4.84 Å². The van der Waals surface area contributed by atoms with Crippen LogP contribution in [0.25, 0.3) is 0 Å². The van der Waals surface area contributed by atoms with Crippen LogP contribution in [0.2, 0.25) is 5.02 Å². The monoisotopic (exact) mass is 442 g/mol. The summed E-state index contributed by atoms with van der Waals surface area (Å²) in [5, 5.41) is 5.77. The summed E-state index contributed by atoms with van der Waals surface area (Å²) in [4.78, 5) is 21.6. The zero-order valence-electron chi connectivity index (χ0n) is 13.8. The van der Waals surface area contributed by atoms with Gasteiger partial charge in [0, 0.05) is 21.0 Å². The molecule has 0 bridgehead atoms. The Hall–Kier alpha value is -2.36. The number of hydrogen-bond donors (Lipinski definition) is 0. The van der Waals surface area contributed by atoms with E-state index in [2.05, 4.69) is 10.1 Å². The van der Waals surface area contributed by atoms with E-state index < -0.39 is 17.7 Å². The third-order valence-corrected chi connectivity index (χ3v) is 5.44. The van der Waals surface area contributed by atoms with Crippen molar-refractivity contribution in [2.75, 3.05) is 0 Å². The van der Waals surface area contributed by atoms with Gasteiger partial charge in [0.15, 0.2) is 0 Å². The lowest BCUT2D eigenvalue weighted by molar-refractivity contribution is -0.138.